The number of para-hydroxylation sites is 1. The van der Waals surface area contributed by atoms with Crippen LogP contribution in [0.2, 0.25) is 0 Å². The summed E-state index contributed by atoms with van der Waals surface area (Å²) in [5, 5.41) is 3.09. The molecule has 0 aromatic heterocycles. The van der Waals surface area contributed by atoms with Crippen LogP contribution in [0.4, 0.5) is 13.2 Å². The van der Waals surface area contributed by atoms with Gasteiger partial charge in [-0.3, -0.25) is 0 Å². The molecule has 0 spiro atoms. The van der Waals surface area contributed by atoms with Crippen LogP contribution in [-0.2, 0) is 6.54 Å². The molecular formula is C16H22F3NO. The summed E-state index contributed by atoms with van der Waals surface area (Å²) in [5.41, 5.74) is 0.908. The van der Waals surface area contributed by atoms with Crippen LogP contribution < -0.4 is 10.1 Å². The van der Waals surface area contributed by atoms with Gasteiger partial charge in [0.1, 0.15) is 5.75 Å². The van der Waals surface area contributed by atoms with Crippen molar-refractivity contribution in [3.05, 3.63) is 29.8 Å². The number of rotatable bonds is 5. The standard InChI is InChI=1S/C16H22F3NO/c1-2-21-15-10-6-3-7-12(15)11-20-14-9-5-4-8-13(14)16(17,18)19/h3,6-7,10,13-14,20H,2,4-5,8-9,11H2,1H3. The topological polar surface area (TPSA) is 21.3 Å². The second-order valence-corrected chi connectivity index (χ2v) is 5.46. The Morgan fingerprint density at radius 1 is 1.19 bits per heavy atom. The molecule has 21 heavy (non-hydrogen) atoms. The summed E-state index contributed by atoms with van der Waals surface area (Å²) in [7, 11) is 0. The molecule has 1 saturated carbocycles. The third kappa shape index (κ3) is 4.37. The van der Waals surface area contributed by atoms with Crippen LogP contribution in [0.5, 0.6) is 5.75 Å². The van der Waals surface area contributed by atoms with E-state index < -0.39 is 18.1 Å². The minimum atomic E-state index is -4.11. The highest BCUT2D eigenvalue weighted by Gasteiger charge is 2.45. The zero-order chi connectivity index (χ0) is 15.3. The number of nitrogens with one attached hydrogen (secondary N) is 1. The number of alkyl halides is 3. The van der Waals surface area contributed by atoms with Crippen molar-refractivity contribution < 1.29 is 17.9 Å². The van der Waals surface area contributed by atoms with E-state index in [1.165, 1.54) is 0 Å². The Morgan fingerprint density at radius 2 is 1.90 bits per heavy atom. The zero-order valence-electron chi connectivity index (χ0n) is 12.2. The van der Waals surface area contributed by atoms with Crippen LogP contribution in [0.1, 0.15) is 38.2 Å². The average Bonchev–Trinajstić information content (AvgIpc) is 2.46. The normalized spacial score (nSPS) is 23.0. The number of benzene rings is 1. The minimum Gasteiger partial charge on any atom is -0.494 e. The van der Waals surface area contributed by atoms with Crippen molar-refractivity contribution in [2.45, 2.75) is 51.4 Å². The van der Waals surface area contributed by atoms with Gasteiger partial charge in [0, 0.05) is 18.2 Å². The molecule has 1 aliphatic carbocycles. The average molecular weight is 301 g/mol. The van der Waals surface area contributed by atoms with Gasteiger partial charge in [0.2, 0.25) is 0 Å². The van der Waals surface area contributed by atoms with E-state index in [2.05, 4.69) is 5.32 Å². The molecule has 0 saturated heterocycles. The van der Waals surface area contributed by atoms with Crippen LogP contribution in [0.25, 0.3) is 0 Å². The summed E-state index contributed by atoms with van der Waals surface area (Å²) in [5.74, 6) is -0.489. The van der Waals surface area contributed by atoms with E-state index in [0.29, 0.717) is 26.0 Å². The zero-order valence-corrected chi connectivity index (χ0v) is 12.2. The van der Waals surface area contributed by atoms with E-state index in [9.17, 15) is 13.2 Å². The van der Waals surface area contributed by atoms with Crippen molar-refractivity contribution in [1.82, 2.24) is 5.32 Å². The van der Waals surface area contributed by atoms with Crippen molar-refractivity contribution in [2.75, 3.05) is 6.61 Å². The summed E-state index contributed by atoms with van der Waals surface area (Å²) in [4.78, 5) is 0. The first-order valence-electron chi connectivity index (χ1n) is 7.53. The van der Waals surface area contributed by atoms with Crippen LogP contribution in [-0.4, -0.2) is 18.8 Å². The van der Waals surface area contributed by atoms with Gasteiger partial charge < -0.3 is 10.1 Å². The Balaban J connectivity index is 2.01. The molecule has 1 aromatic rings. The SMILES string of the molecule is CCOc1ccccc1CNC1CCCCC1C(F)(F)F. The molecule has 2 unspecified atom stereocenters. The number of halogens is 3. The Kier molecular flexibility index (Phi) is 5.51. The van der Waals surface area contributed by atoms with Crippen molar-refractivity contribution in [3.8, 4) is 5.75 Å². The van der Waals surface area contributed by atoms with Gasteiger partial charge in [-0.25, -0.2) is 0 Å². The molecule has 2 rings (SSSR count). The molecule has 118 valence electrons. The summed E-state index contributed by atoms with van der Waals surface area (Å²) in [6.45, 7) is 2.85. The lowest BCUT2D eigenvalue weighted by Gasteiger charge is -2.33. The van der Waals surface area contributed by atoms with Crippen LogP contribution >= 0.6 is 0 Å². The van der Waals surface area contributed by atoms with Gasteiger partial charge >= 0.3 is 6.18 Å². The molecule has 0 radical (unpaired) electrons. The second kappa shape index (κ2) is 7.16. The molecule has 1 aromatic carbocycles. The lowest BCUT2D eigenvalue weighted by atomic mass is 9.84. The van der Waals surface area contributed by atoms with Gasteiger partial charge in [-0.05, 0) is 25.8 Å². The maximum atomic E-state index is 13.1. The second-order valence-electron chi connectivity index (χ2n) is 5.46. The van der Waals surface area contributed by atoms with Crippen molar-refractivity contribution in [3.63, 3.8) is 0 Å². The molecule has 1 fully saturated rings. The Morgan fingerprint density at radius 3 is 2.62 bits per heavy atom. The van der Waals surface area contributed by atoms with E-state index in [0.717, 1.165) is 17.7 Å². The molecule has 0 aliphatic heterocycles. The Bertz CT molecular complexity index is 447. The molecule has 0 bridgehead atoms. The number of hydrogen-bond donors (Lipinski definition) is 1. The van der Waals surface area contributed by atoms with Crippen molar-refractivity contribution in [2.24, 2.45) is 5.92 Å². The first-order valence-corrected chi connectivity index (χ1v) is 7.53. The Hall–Kier alpha value is -1.23. The van der Waals surface area contributed by atoms with E-state index >= 15 is 0 Å². The molecule has 1 N–H and O–H groups in total. The molecule has 0 heterocycles. The largest absolute Gasteiger partial charge is 0.494 e. The first kappa shape index (κ1) is 16.1. The molecule has 1 aliphatic rings. The number of hydrogen-bond acceptors (Lipinski definition) is 2. The summed E-state index contributed by atoms with van der Waals surface area (Å²) in [6, 6.07) is 7.00. The van der Waals surface area contributed by atoms with Gasteiger partial charge in [0.15, 0.2) is 0 Å². The van der Waals surface area contributed by atoms with E-state index in [-0.39, 0.29) is 6.42 Å². The van der Waals surface area contributed by atoms with Gasteiger partial charge in [-0.1, -0.05) is 31.0 Å². The lowest BCUT2D eigenvalue weighted by Crippen LogP contribution is -2.45. The van der Waals surface area contributed by atoms with Gasteiger partial charge in [0.25, 0.3) is 0 Å². The smallest absolute Gasteiger partial charge is 0.393 e. The molecule has 5 heteroatoms. The van der Waals surface area contributed by atoms with Gasteiger partial charge in [-0.2, -0.15) is 13.2 Å². The molecule has 2 atom stereocenters. The fraction of sp³-hybridized carbons (Fsp3) is 0.625. The van der Waals surface area contributed by atoms with Crippen LogP contribution in [0.15, 0.2) is 24.3 Å². The molecule has 2 nitrogen and oxygen atoms in total. The predicted molar refractivity (Wildman–Crippen MR) is 76.3 cm³/mol. The van der Waals surface area contributed by atoms with Crippen molar-refractivity contribution >= 4 is 0 Å². The fourth-order valence-electron chi connectivity index (χ4n) is 2.95. The van der Waals surface area contributed by atoms with E-state index in [4.69, 9.17) is 4.74 Å². The maximum Gasteiger partial charge on any atom is 0.393 e. The molecular weight excluding hydrogens is 279 g/mol. The fourth-order valence-corrected chi connectivity index (χ4v) is 2.95. The summed E-state index contributed by atoms with van der Waals surface area (Å²) in [6.07, 6.45) is -1.78. The highest BCUT2D eigenvalue weighted by Crippen LogP contribution is 2.38. The Labute approximate surface area is 123 Å². The minimum absolute atomic E-state index is 0.230. The van der Waals surface area contributed by atoms with Gasteiger partial charge in [-0.15, -0.1) is 0 Å². The maximum absolute atomic E-state index is 13.1. The van der Waals surface area contributed by atoms with Crippen molar-refractivity contribution in [1.29, 1.82) is 0 Å². The molecule has 0 amide bonds. The third-order valence-corrected chi connectivity index (χ3v) is 4.01. The third-order valence-electron chi connectivity index (χ3n) is 4.01. The van der Waals surface area contributed by atoms with Crippen LogP contribution in [0, 0.1) is 5.92 Å². The highest BCUT2D eigenvalue weighted by atomic mass is 19.4. The van der Waals surface area contributed by atoms with Crippen LogP contribution in [0.3, 0.4) is 0 Å². The first-order chi connectivity index (χ1) is 10.0. The summed E-state index contributed by atoms with van der Waals surface area (Å²) >= 11 is 0. The van der Waals surface area contributed by atoms with E-state index in [1.54, 1.807) is 0 Å². The monoisotopic (exact) mass is 301 g/mol. The van der Waals surface area contributed by atoms with Gasteiger partial charge in [0.05, 0.1) is 12.5 Å². The lowest BCUT2D eigenvalue weighted by molar-refractivity contribution is -0.189. The van der Waals surface area contributed by atoms with E-state index in [1.807, 2.05) is 31.2 Å². The quantitative estimate of drug-likeness (QED) is 0.875. The number of ether oxygens (including phenoxy) is 1. The predicted octanol–water partition coefficient (Wildman–Crippen LogP) is 4.30. The highest BCUT2D eigenvalue weighted by molar-refractivity contribution is 5.33. The summed E-state index contributed by atoms with van der Waals surface area (Å²) < 4.78 is 44.7.